The number of hydrogen-bond acceptors (Lipinski definition) is 3. The summed E-state index contributed by atoms with van der Waals surface area (Å²) in [6.07, 6.45) is 0. The second kappa shape index (κ2) is 4.27. The predicted molar refractivity (Wildman–Crippen MR) is 53.0 cm³/mol. The molecule has 1 aromatic carbocycles. The zero-order valence-corrected chi connectivity index (χ0v) is 7.32. The lowest BCUT2D eigenvalue weighted by atomic mass is 10.2. The third-order valence-corrected chi connectivity index (χ3v) is 1.47. The van der Waals surface area contributed by atoms with Crippen LogP contribution in [0, 0.1) is 16.7 Å². The fraction of sp³-hybridized carbons (Fsp3) is 0.200. The number of nitrogen functional groups attached to an aromatic ring is 1. The molecule has 0 aliphatic carbocycles. The SMILES string of the molecule is CC(C#Cc1cccc(N)c1)N=O. The third-order valence-electron chi connectivity index (χ3n) is 1.47. The highest BCUT2D eigenvalue weighted by Gasteiger charge is 1.91. The molecular formula is C10H10N2O. The summed E-state index contributed by atoms with van der Waals surface area (Å²) in [4.78, 5) is 10.0. The first kappa shape index (κ1) is 9.27. The molecular weight excluding hydrogens is 164 g/mol. The lowest BCUT2D eigenvalue weighted by Crippen LogP contribution is -1.90. The molecule has 0 amide bonds. The molecule has 3 heteroatoms. The second-order valence-electron chi connectivity index (χ2n) is 2.68. The normalized spacial score (nSPS) is 11.2. The monoisotopic (exact) mass is 174 g/mol. The summed E-state index contributed by atoms with van der Waals surface area (Å²) in [5.41, 5.74) is 7.01. The maximum atomic E-state index is 10.0. The Morgan fingerprint density at radius 3 is 2.92 bits per heavy atom. The van der Waals surface area contributed by atoms with Gasteiger partial charge in [-0.2, -0.15) is 0 Å². The molecule has 1 unspecified atom stereocenters. The van der Waals surface area contributed by atoms with Gasteiger partial charge in [0.05, 0.1) is 0 Å². The van der Waals surface area contributed by atoms with Crippen LogP contribution in [0.25, 0.3) is 0 Å². The minimum absolute atomic E-state index is 0.471. The van der Waals surface area contributed by atoms with E-state index in [0.29, 0.717) is 5.69 Å². The molecule has 1 atom stereocenters. The summed E-state index contributed by atoms with van der Waals surface area (Å²) in [7, 11) is 0. The Kier molecular flexibility index (Phi) is 3.04. The topological polar surface area (TPSA) is 55.4 Å². The van der Waals surface area contributed by atoms with Crippen molar-refractivity contribution in [1.29, 1.82) is 0 Å². The average molecular weight is 174 g/mol. The third kappa shape index (κ3) is 2.96. The Hall–Kier alpha value is -1.82. The molecule has 13 heavy (non-hydrogen) atoms. The van der Waals surface area contributed by atoms with Crippen LogP contribution in [0.3, 0.4) is 0 Å². The van der Waals surface area contributed by atoms with E-state index in [4.69, 9.17) is 5.73 Å². The summed E-state index contributed by atoms with van der Waals surface area (Å²) in [5, 5.41) is 2.77. The van der Waals surface area contributed by atoms with Crippen molar-refractivity contribution in [1.82, 2.24) is 0 Å². The fourth-order valence-corrected chi connectivity index (χ4v) is 0.831. The van der Waals surface area contributed by atoms with E-state index >= 15 is 0 Å². The van der Waals surface area contributed by atoms with Crippen LogP contribution in [0.4, 0.5) is 5.69 Å². The predicted octanol–water partition coefficient (Wildman–Crippen LogP) is 1.78. The Morgan fingerprint density at radius 1 is 1.54 bits per heavy atom. The Morgan fingerprint density at radius 2 is 2.31 bits per heavy atom. The first-order valence-corrected chi connectivity index (χ1v) is 3.92. The molecule has 0 aliphatic heterocycles. The van der Waals surface area contributed by atoms with E-state index in [9.17, 15) is 4.91 Å². The lowest BCUT2D eigenvalue weighted by Gasteiger charge is -1.92. The van der Waals surface area contributed by atoms with Crippen molar-refractivity contribution in [3.05, 3.63) is 34.7 Å². The highest BCUT2D eigenvalue weighted by atomic mass is 16.3. The first-order chi connectivity index (χ1) is 6.22. The largest absolute Gasteiger partial charge is 0.399 e. The first-order valence-electron chi connectivity index (χ1n) is 3.92. The molecule has 0 saturated carbocycles. The molecule has 0 aliphatic rings. The van der Waals surface area contributed by atoms with Crippen molar-refractivity contribution >= 4 is 5.69 Å². The number of nitrogens with two attached hydrogens (primary N) is 1. The van der Waals surface area contributed by atoms with E-state index in [1.165, 1.54) is 0 Å². The minimum atomic E-state index is -0.471. The van der Waals surface area contributed by atoms with Gasteiger partial charge in [-0.25, -0.2) is 0 Å². The standard InChI is InChI=1S/C10H10N2O/c1-8(12-13)5-6-9-3-2-4-10(11)7-9/h2-4,7-8H,11H2,1H3. The van der Waals surface area contributed by atoms with E-state index < -0.39 is 6.04 Å². The van der Waals surface area contributed by atoms with Crippen LogP contribution in [-0.4, -0.2) is 6.04 Å². The van der Waals surface area contributed by atoms with Gasteiger partial charge in [-0.1, -0.05) is 23.1 Å². The number of nitrogens with zero attached hydrogens (tertiary/aromatic N) is 1. The minimum Gasteiger partial charge on any atom is -0.399 e. The van der Waals surface area contributed by atoms with Gasteiger partial charge >= 0.3 is 0 Å². The number of rotatable bonds is 1. The maximum absolute atomic E-state index is 10.0. The van der Waals surface area contributed by atoms with Gasteiger partial charge in [0.1, 0.15) is 6.04 Å². The van der Waals surface area contributed by atoms with Gasteiger partial charge in [-0.3, -0.25) is 0 Å². The molecule has 1 rings (SSSR count). The van der Waals surface area contributed by atoms with Crippen molar-refractivity contribution in [3.63, 3.8) is 0 Å². The van der Waals surface area contributed by atoms with E-state index in [1.54, 1.807) is 19.1 Å². The van der Waals surface area contributed by atoms with Gasteiger partial charge in [0.25, 0.3) is 0 Å². The van der Waals surface area contributed by atoms with Crippen LogP contribution in [0.15, 0.2) is 29.4 Å². The van der Waals surface area contributed by atoms with Crippen molar-refractivity contribution in [3.8, 4) is 11.8 Å². The number of hydrogen-bond donors (Lipinski definition) is 1. The van der Waals surface area contributed by atoms with E-state index in [-0.39, 0.29) is 0 Å². The maximum Gasteiger partial charge on any atom is 0.150 e. The van der Waals surface area contributed by atoms with Gasteiger partial charge in [-0.05, 0) is 25.1 Å². The number of benzene rings is 1. The lowest BCUT2D eigenvalue weighted by molar-refractivity contribution is 0.948. The van der Waals surface area contributed by atoms with Crippen molar-refractivity contribution in [2.24, 2.45) is 5.18 Å². The van der Waals surface area contributed by atoms with Crippen molar-refractivity contribution < 1.29 is 0 Å². The van der Waals surface area contributed by atoms with Crippen molar-refractivity contribution in [2.75, 3.05) is 5.73 Å². The number of anilines is 1. The van der Waals surface area contributed by atoms with E-state index in [2.05, 4.69) is 17.0 Å². The van der Waals surface area contributed by atoms with Gasteiger partial charge in [-0.15, -0.1) is 4.91 Å². The summed E-state index contributed by atoms with van der Waals surface area (Å²) >= 11 is 0. The van der Waals surface area contributed by atoms with Gasteiger partial charge in [0.15, 0.2) is 0 Å². The van der Waals surface area contributed by atoms with Gasteiger partial charge in [0.2, 0.25) is 0 Å². The molecule has 0 aromatic heterocycles. The van der Waals surface area contributed by atoms with Gasteiger partial charge < -0.3 is 5.73 Å². The molecule has 0 heterocycles. The number of nitroso groups, excluding NO2 is 1. The molecule has 66 valence electrons. The summed E-state index contributed by atoms with van der Waals surface area (Å²) in [5.74, 6) is 5.50. The average Bonchev–Trinajstić information content (AvgIpc) is 2.14. The second-order valence-corrected chi connectivity index (χ2v) is 2.68. The van der Waals surface area contributed by atoms with E-state index in [0.717, 1.165) is 5.56 Å². The zero-order chi connectivity index (χ0) is 9.68. The molecule has 1 aromatic rings. The zero-order valence-electron chi connectivity index (χ0n) is 7.32. The molecule has 0 bridgehead atoms. The molecule has 2 N–H and O–H groups in total. The van der Waals surface area contributed by atoms with Crippen LogP contribution in [0.5, 0.6) is 0 Å². The molecule has 0 saturated heterocycles. The molecule has 0 spiro atoms. The quantitative estimate of drug-likeness (QED) is 0.401. The Balaban J connectivity index is 2.83. The Labute approximate surface area is 76.9 Å². The summed E-state index contributed by atoms with van der Waals surface area (Å²) in [6.45, 7) is 1.65. The molecule has 0 fully saturated rings. The van der Waals surface area contributed by atoms with E-state index in [1.807, 2.05) is 12.1 Å². The fourth-order valence-electron chi connectivity index (χ4n) is 0.831. The molecule has 0 radical (unpaired) electrons. The van der Waals surface area contributed by atoms with Crippen LogP contribution < -0.4 is 5.73 Å². The Bertz CT molecular complexity index is 363. The van der Waals surface area contributed by atoms with Crippen LogP contribution in [0.1, 0.15) is 12.5 Å². The highest BCUT2D eigenvalue weighted by Crippen LogP contribution is 2.04. The smallest absolute Gasteiger partial charge is 0.150 e. The van der Waals surface area contributed by atoms with Crippen LogP contribution in [-0.2, 0) is 0 Å². The van der Waals surface area contributed by atoms with Gasteiger partial charge in [0, 0.05) is 11.3 Å². The summed E-state index contributed by atoms with van der Waals surface area (Å²) in [6, 6.07) is 6.72. The highest BCUT2D eigenvalue weighted by molar-refractivity contribution is 5.47. The molecule has 3 nitrogen and oxygen atoms in total. The van der Waals surface area contributed by atoms with Crippen LogP contribution >= 0.6 is 0 Å². The van der Waals surface area contributed by atoms with Crippen molar-refractivity contribution in [2.45, 2.75) is 13.0 Å². The van der Waals surface area contributed by atoms with Crippen LogP contribution in [0.2, 0.25) is 0 Å². The summed E-state index contributed by atoms with van der Waals surface area (Å²) < 4.78 is 0.